The summed E-state index contributed by atoms with van der Waals surface area (Å²) in [5, 5.41) is 9.45. The Labute approximate surface area is 92.4 Å². The van der Waals surface area contributed by atoms with Gasteiger partial charge in [0.15, 0.2) is 0 Å². The highest BCUT2D eigenvalue weighted by Gasteiger charge is 2.57. The Morgan fingerprint density at radius 3 is 2.53 bits per heavy atom. The highest BCUT2D eigenvalue weighted by Crippen LogP contribution is 2.50. The molecular formula is C12H23NO2. The van der Waals surface area contributed by atoms with Gasteiger partial charge in [-0.25, -0.2) is 0 Å². The summed E-state index contributed by atoms with van der Waals surface area (Å²) in [4.78, 5) is 2.48. The van der Waals surface area contributed by atoms with Crippen LogP contribution in [0.4, 0.5) is 0 Å². The van der Waals surface area contributed by atoms with Crippen LogP contribution in [0, 0.1) is 17.8 Å². The molecule has 0 amide bonds. The smallest absolute Gasteiger partial charge is 0.0594 e. The predicted octanol–water partition coefficient (Wildman–Crippen LogP) is 0.970. The molecule has 0 unspecified atom stereocenters. The molecular weight excluding hydrogens is 190 g/mol. The van der Waals surface area contributed by atoms with Crippen LogP contribution < -0.4 is 0 Å². The number of aliphatic hydroxyl groups excluding tert-OH is 1. The van der Waals surface area contributed by atoms with Gasteiger partial charge in [-0.3, -0.25) is 0 Å². The fourth-order valence-electron chi connectivity index (χ4n) is 3.57. The lowest BCUT2D eigenvalue weighted by molar-refractivity contribution is -0.0695. The monoisotopic (exact) mass is 213 g/mol. The summed E-state index contributed by atoms with van der Waals surface area (Å²) in [5.74, 6) is 1.71. The average Bonchev–Trinajstić information content (AvgIpc) is 2.52. The molecule has 3 nitrogen and oxygen atoms in total. The van der Waals surface area contributed by atoms with Gasteiger partial charge in [-0.05, 0) is 25.9 Å². The van der Waals surface area contributed by atoms with Crippen molar-refractivity contribution in [2.24, 2.45) is 17.8 Å². The van der Waals surface area contributed by atoms with Gasteiger partial charge in [-0.2, -0.15) is 0 Å². The molecule has 88 valence electrons. The number of hydrogen-bond donors (Lipinski definition) is 1. The first-order chi connectivity index (χ1) is 7.24. The molecule has 2 aliphatic rings. The van der Waals surface area contributed by atoms with Crippen LogP contribution in [-0.4, -0.2) is 48.5 Å². The molecule has 1 saturated heterocycles. The number of hydrogen-bond acceptors (Lipinski definition) is 3. The molecule has 1 heterocycles. The van der Waals surface area contributed by atoms with E-state index in [1.165, 1.54) is 0 Å². The van der Waals surface area contributed by atoms with Crippen LogP contribution in [0.15, 0.2) is 0 Å². The van der Waals surface area contributed by atoms with Gasteiger partial charge in [0, 0.05) is 24.5 Å². The Kier molecular flexibility index (Phi) is 3.33. The number of aliphatic hydroxyl groups is 1. The van der Waals surface area contributed by atoms with Crippen LogP contribution >= 0.6 is 0 Å². The largest absolute Gasteiger partial charge is 0.396 e. The highest BCUT2D eigenvalue weighted by atomic mass is 16.5. The van der Waals surface area contributed by atoms with E-state index in [4.69, 9.17) is 4.74 Å². The molecule has 1 N–H and O–H groups in total. The predicted molar refractivity (Wildman–Crippen MR) is 59.7 cm³/mol. The molecule has 1 aliphatic heterocycles. The first-order valence-electron chi connectivity index (χ1n) is 6.21. The lowest BCUT2D eigenvalue weighted by Crippen LogP contribution is -2.62. The van der Waals surface area contributed by atoms with Crippen molar-refractivity contribution < 1.29 is 9.84 Å². The lowest BCUT2D eigenvalue weighted by atomic mass is 9.60. The molecule has 2 rings (SSSR count). The molecule has 0 radical (unpaired) electrons. The Morgan fingerprint density at radius 2 is 2.00 bits per heavy atom. The van der Waals surface area contributed by atoms with Gasteiger partial charge in [-0.15, -0.1) is 0 Å². The SMILES string of the molecule is CCN(CC)[C@@H]1[C@@H](CO)[C@H]2CO[C@H](C)[C@H]21. The van der Waals surface area contributed by atoms with Crippen LogP contribution in [-0.2, 0) is 4.74 Å². The van der Waals surface area contributed by atoms with E-state index in [0.29, 0.717) is 36.5 Å². The number of rotatable bonds is 4. The van der Waals surface area contributed by atoms with Crippen molar-refractivity contribution in [1.82, 2.24) is 4.90 Å². The maximum absolute atomic E-state index is 9.45. The molecule has 0 spiro atoms. The Hall–Kier alpha value is -0.120. The van der Waals surface area contributed by atoms with E-state index in [1.54, 1.807) is 0 Å². The summed E-state index contributed by atoms with van der Waals surface area (Å²) in [5.41, 5.74) is 0. The van der Waals surface area contributed by atoms with Gasteiger partial charge < -0.3 is 14.7 Å². The lowest BCUT2D eigenvalue weighted by Gasteiger charge is -2.53. The van der Waals surface area contributed by atoms with Gasteiger partial charge in [0.25, 0.3) is 0 Å². The molecule has 5 atom stereocenters. The topological polar surface area (TPSA) is 32.7 Å². The molecule has 0 aromatic carbocycles. The van der Waals surface area contributed by atoms with Crippen molar-refractivity contribution in [1.29, 1.82) is 0 Å². The summed E-state index contributed by atoms with van der Waals surface area (Å²) in [6.45, 7) is 9.90. The van der Waals surface area contributed by atoms with Gasteiger partial charge in [-0.1, -0.05) is 13.8 Å². The summed E-state index contributed by atoms with van der Waals surface area (Å²) < 4.78 is 5.70. The van der Waals surface area contributed by atoms with Crippen LogP contribution in [0.5, 0.6) is 0 Å². The van der Waals surface area contributed by atoms with E-state index in [1.807, 2.05) is 0 Å². The standard InChI is InChI=1S/C12H23NO2/c1-4-13(5-2)12-9(6-14)10-7-15-8(3)11(10)12/h8-12,14H,4-7H2,1-3H3/t8-,9+,10-,11-,12-/m1/s1. The Balaban J connectivity index is 2.08. The minimum absolute atomic E-state index is 0.318. The third-order valence-corrected chi connectivity index (χ3v) is 4.42. The second kappa shape index (κ2) is 4.40. The first kappa shape index (κ1) is 11.4. The number of ether oxygens (including phenoxy) is 1. The van der Waals surface area contributed by atoms with Gasteiger partial charge >= 0.3 is 0 Å². The average molecular weight is 213 g/mol. The van der Waals surface area contributed by atoms with Crippen LogP contribution in [0.2, 0.25) is 0 Å². The zero-order valence-corrected chi connectivity index (χ0v) is 10.0. The molecule has 15 heavy (non-hydrogen) atoms. The van der Waals surface area contributed by atoms with Crippen molar-refractivity contribution in [2.45, 2.75) is 32.9 Å². The molecule has 0 aromatic rings. The van der Waals surface area contributed by atoms with E-state index in [2.05, 4.69) is 25.7 Å². The van der Waals surface area contributed by atoms with Crippen molar-refractivity contribution in [2.75, 3.05) is 26.3 Å². The van der Waals surface area contributed by atoms with Crippen molar-refractivity contribution in [3.8, 4) is 0 Å². The van der Waals surface area contributed by atoms with Crippen LogP contribution in [0.25, 0.3) is 0 Å². The maximum Gasteiger partial charge on any atom is 0.0594 e. The normalized spacial score (nSPS) is 44.2. The van der Waals surface area contributed by atoms with Gasteiger partial charge in [0.05, 0.1) is 12.7 Å². The van der Waals surface area contributed by atoms with E-state index in [0.717, 1.165) is 19.7 Å². The van der Waals surface area contributed by atoms with Gasteiger partial charge in [0.1, 0.15) is 0 Å². The molecule has 2 fully saturated rings. The summed E-state index contributed by atoms with van der Waals surface area (Å²) in [7, 11) is 0. The summed E-state index contributed by atoms with van der Waals surface area (Å²) >= 11 is 0. The second-order valence-electron chi connectivity index (χ2n) is 4.84. The Bertz CT molecular complexity index is 218. The fourth-order valence-corrected chi connectivity index (χ4v) is 3.57. The van der Waals surface area contributed by atoms with Crippen molar-refractivity contribution in [3.05, 3.63) is 0 Å². The summed E-state index contributed by atoms with van der Waals surface area (Å²) in [6, 6.07) is 0.549. The first-order valence-corrected chi connectivity index (χ1v) is 6.21. The van der Waals surface area contributed by atoms with Crippen molar-refractivity contribution >= 4 is 0 Å². The van der Waals surface area contributed by atoms with E-state index in [-0.39, 0.29) is 0 Å². The number of nitrogens with zero attached hydrogens (tertiary/aromatic N) is 1. The van der Waals surface area contributed by atoms with Gasteiger partial charge in [0.2, 0.25) is 0 Å². The quantitative estimate of drug-likeness (QED) is 0.755. The molecule has 0 bridgehead atoms. The molecule has 0 aromatic heterocycles. The number of fused-ring (bicyclic) bond motifs is 1. The van der Waals surface area contributed by atoms with E-state index >= 15 is 0 Å². The molecule has 1 saturated carbocycles. The Morgan fingerprint density at radius 1 is 1.33 bits per heavy atom. The third-order valence-electron chi connectivity index (χ3n) is 4.42. The highest BCUT2D eigenvalue weighted by molar-refractivity contribution is 5.07. The van der Waals surface area contributed by atoms with Crippen molar-refractivity contribution in [3.63, 3.8) is 0 Å². The zero-order valence-electron chi connectivity index (χ0n) is 10.0. The minimum atomic E-state index is 0.318. The van der Waals surface area contributed by atoms with Crippen LogP contribution in [0.3, 0.4) is 0 Å². The molecule has 1 aliphatic carbocycles. The van der Waals surface area contributed by atoms with E-state index < -0.39 is 0 Å². The zero-order chi connectivity index (χ0) is 11.0. The summed E-state index contributed by atoms with van der Waals surface area (Å²) in [6.07, 6.45) is 0.378. The third kappa shape index (κ3) is 1.61. The second-order valence-corrected chi connectivity index (χ2v) is 4.84. The molecule has 3 heteroatoms. The maximum atomic E-state index is 9.45. The minimum Gasteiger partial charge on any atom is -0.396 e. The van der Waals surface area contributed by atoms with Crippen LogP contribution in [0.1, 0.15) is 20.8 Å². The van der Waals surface area contributed by atoms with E-state index in [9.17, 15) is 5.11 Å². The fraction of sp³-hybridized carbons (Fsp3) is 1.00.